The Kier molecular flexibility index (Phi) is 4.16. The monoisotopic (exact) mass is 359 g/mol. The normalized spacial score (nSPS) is 10.4. The molecule has 0 bridgehead atoms. The molecule has 0 heterocycles. The number of aryl methyl sites for hydroxylation is 1. The maximum atomic E-state index is 13.7. The Hall–Kier alpha value is -1.17. The SMILES string of the molecule is Cc1ccc(F)c(NCc2ccc(I)cc2)c1F. The first-order chi connectivity index (χ1) is 8.58. The van der Waals surface area contributed by atoms with Crippen LogP contribution >= 0.6 is 22.6 Å². The minimum atomic E-state index is -0.566. The summed E-state index contributed by atoms with van der Waals surface area (Å²) in [5.41, 5.74) is 1.35. The van der Waals surface area contributed by atoms with Crippen LogP contribution in [-0.2, 0) is 6.54 Å². The molecule has 0 fully saturated rings. The fourth-order valence-electron chi connectivity index (χ4n) is 1.61. The first kappa shape index (κ1) is 13.3. The molecule has 2 aromatic rings. The van der Waals surface area contributed by atoms with Gasteiger partial charge in [-0.2, -0.15) is 0 Å². The number of hydrogen-bond donors (Lipinski definition) is 1. The first-order valence-electron chi connectivity index (χ1n) is 5.51. The van der Waals surface area contributed by atoms with Gasteiger partial charge in [0.15, 0.2) is 5.82 Å². The number of nitrogens with one attached hydrogen (secondary N) is 1. The molecule has 1 N–H and O–H groups in total. The van der Waals surface area contributed by atoms with E-state index in [1.807, 2.05) is 24.3 Å². The summed E-state index contributed by atoms with van der Waals surface area (Å²) in [5, 5.41) is 2.81. The van der Waals surface area contributed by atoms with E-state index in [2.05, 4.69) is 27.9 Å². The maximum absolute atomic E-state index is 13.7. The molecule has 0 radical (unpaired) electrons. The molecule has 0 saturated heterocycles. The van der Waals surface area contributed by atoms with E-state index < -0.39 is 11.6 Å². The van der Waals surface area contributed by atoms with Gasteiger partial charge >= 0.3 is 0 Å². The van der Waals surface area contributed by atoms with Gasteiger partial charge in [0.2, 0.25) is 0 Å². The minimum Gasteiger partial charge on any atom is -0.376 e. The number of halogens is 3. The largest absolute Gasteiger partial charge is 0.376 e. The second-order valence-corrected chi connectivity index (χ2v) is 5.28. The summed E-state index contributed by atoms with van der Waals surface area (Å²) in [4.78, 5) is 0. The van der Waals surface area contributed by atoms with Gasteiger partial charge < -0.3 is 5.32 Å². The van der Waals surface area contributed by atoms with Crippen LogP contribution in [0.2, 0.25) is 0 Å². The van der Waals surface area contributed by atoms with Gasteiger partial charge in [-0.25, -0.2) is 8.78 Å². The van der Waals surface area contributed by atoms with Crippen LogP contribution in [0.15, 0.2) is 36.4 Å². The van der Waals surface area contributed by atoms with Crippen molar-refractivity contribution in [3.8, 4) is 0 Å². The van der Waals surface area contributed by atoms with Crippen molar-refractivity contribution in [1.82, 2.24) is 0 Å². The molecular weight excluding hydrogens is 347 g/mol. The molecule has 18 heavy (non-hydrogen) atoms. The van der Waals surface area contributed by atoms with Crippen molar-refractivity contribution in [2.45, 2.75) is 13.5 Å². The smallest absolute Gasteiger partial charge is 0.152 e. The predicted molar refractivity (Wildman–Crippen MR) is 77.6 cm³/mol. The van der Waals surface area contributed by atoms with Gasteiger partial charge in [0.1, 0.15) is 11.5 Å². The molecule has 0 amide bonds. The van der Waals surface area contributed by atoms with Gasteiger partial charge in [0.25, 0.3) is 0 Å². The molecule has 0 spiro atoms. The second kappa shape index (κ2) is 5.65. The van der Waals surface area contributed by atoms with Crippen LogP contribution in [0.1, 0.15) is 11.1 Å². The van der Waals surface area contributed by atoms with Crippen molar-refractivity contribution in [3.63, 3.8) is 0 Å². The zero-order valence-corrected chi connectivity index (χ0v) is 12.0. The molecule has 1 nitrogen and oxygen atoms in total. The van der Waals surface area contributed by atoms with E-state index in [4.69, 9.17) is 0 Å². The summed E-state index contributed by atoms with van der Waals surface area (Å²) in [6.07, 6.45) is 0. The van der Waals surface area contributed by atoms with Crippen molar-refractivity contribution in [2.24, 2.45) is 0 Å². The lowest BCUT2D eigenvalue weighted by Crippen LogP contribution is -2.05. The average Bonchev–Trinajstić information content (AvgIpc) is 2.36. The third kappa shape index (κ3) is 2.98. The average molecular weight is 359 g/mol. The summed E-state index contributed by atoms with van der Waals surface area (Å²) < 4.78 is 28.3. The molecule has 0 aliphatic heterocycles. The van der Waals surface area contributed by atoms with Crippen molar-refractivity contribution >= 4 is 28.3 Å². The zero-order chi connectivity index (χ0) is 13.1. The van der Waals surface area contributed by atoms with Gasteiger partial charge in [0.05, 0.1) is 0 Å². The summed E-state index contributed by atoms with van der Waals surface area (Å²) in [6, 6.07) is 10.5. The molecular formula is C14H12F2IN. The lowest BCUT2D eigenvalue weighted by Gasteiger charge is -2.10. The molecule has 94 valence electrons. The molecule has 0 saturated carbocycles. The highest BCUT2D eigenvalue weighted by atomic mass is 127. The fourth-order valence-corrected chi connectivity index (χ4v) is 1.97. The predicted octanol–water partition coefficient (Wildman–Crippen LogP) is 4.49. The highest BCUT2D eigenvalue weighted by molar-refractivity contribution is 14.1. The molecule has 0 aliphatic carbocycles. The van der Waals surface area contributed by atoms with Crippen LogP contribution in [0.25, 0.3) is 0 Å². The number of anilines is 1. The van der Waals surface area contributed by atoms with Crippen molar-refractivity contribution in [1.29, 1.82) is 0 Å². The van der Waals surface area contributed by atoms with E-state index in [0.29, 0.717) is 12.1 Å². The highest BCUT2D eigenvalue weighted by Crippen LogP contribution is 2.22. The molecule has 4 heteroatoms. The van der Waals surface area contributed by atoms with Crippen LogP contribution in [0.5, 0.6) is 0 Å². The van der Waals surface area contributed by atoms with E-state index in [9.17, 15) is 8.78 Å². The molecule has 0 unspecified atom stereocenters. The van der Waals surface area contributed by atoms with E-state index in [1.165, 1.54) is 12.1 Å². The zero-order valence-electron chi connectivity index (χ0n) is 9.81. The van der Waals surface area contributed by atoms with E-state index >= 15 is 0 Å². The van der Waals surface area contributed by atoms with E-state index in [1.54, 1.807) is 6.92 Å². The summed E-state index contributed by atoms with van der Waals surface area (Å²) in [5.74, 6) is -1.09. The Morgan fingerprint density at radius 2 is 1.72 bits per heavy atom. The Morgan fingerprint density at radius 3 is 2.39 bits per heavy atom. The molecule has 0 atom stereocenters. The maximum Gasteiger partial charge on any atom is 0.152 e. The first-order valence-corrected chi connectivity index (χ1v) is 6.58. The molecule has 0 aliphatic rings. The van der Waals surface area contributed by atoms with Crippen molar-refractivity contribution < 1.29 is 8.78 Å². The Bertz CT molecular complexity index is 552. The molecule has 2 aromatic carbocycles. The van der Waals surface area contributed by atoms with Crippen LogP contribution in [0.3, 0.4) is 0 Å². The lowest BCUT2D eigenvalue weighted by atomic mass is 10.2. The number of hydrogen-bond acceptors (Lipinski definition) is 1. The highest BCUT2D eigenvalue weighted by Gasteiger charge is 2.10. The fraction of sp³-hybridized carbons (Fsp3) is 0.143. The number of benzene rings is 2. The van der Waals surface area contributed by atoms with Crippen LogP contribution in [0, 0.1) is 22.1 Å². The second-order valence-electron chi connectivity index (χ2n) is 4.03. The summed E-state index contributed by atoms with van der Waals surface area (Å²) in [6.45, 7) is 2.01. The van der Waals surface area contributed by atoms with Gasteiger partial charge in [-0.1, -0.05) is 18.2 Å². The Balaban J connectivity index is 2.15. The Labute approximate surface area is 118 Å². The summed E-state index contributed by atoms with van der Waals surface area (Å²) >= 11 is 2.21. The van der Waals surface area contributed by atoms with Gasteiger partial charge in [-0.3, -0.25) is 0 Å². The molecule has 2 rings (SSSR count). The Morgan fingerprint density at radius 1 is 1.06 bits per heavy atom. The number of rotatable bonds is 3. The van der Waals surface area contributed by atoms with Crippen LogP contribution in [-0.4, -0.2) is 0 Å². The van der Waals surface area contributed by atoms with E-state index in [0.717, 1.165) is 9.13 Å². The van der Waals surface area contributed by atoms with E-state index in [-0.39, 0.29) is 5.69 Å². The topological polar surface area (TPSA) is 12.0 Å². The van der Waals surface area contributed by atoms with Gasteiger partial charge in [0, 0.05) is 10.1 Å². The molecule has 0 aromatic heterocycles. The lowest BCUT2D eigenvalue weighted by molar-refractivity contribution is 0.582. The third-order valence-electron chi connectivity index (χ3n) is 2.67. The van der Waals surface area contributed by atoms with Crippen molar-refractivity contribution in [3.05, 3.63) is 62.7 Å². The minimum absolute atomic E-state index is 0.0615. The summed E-state index contributed by atoms with van der Waals surface area (Å²) in [7, 11) is 0. The third-order valence-corrected chi connectivity index (χ3v) is 3.39. The van der Waals surface area contributed by atoms with Crippen molar-refractivity contribution in [2.75, 3.05) is 5.32 Å². The van der Waals surface area contributed by atoms with Crippen LogP contribution < -0.4 is 5.32 Å². The standard InChI is InChI=1S/C14H12F2IN/c1-9-2-7-12(15)14(13(9)16)18-8-10-3-5-11(17)6-4-10/h2-7,18H,8H2,1H3. The van der Waals surface area contributed by atoms with Gasteiger partial charge in [-0.15, -0.1) is 0 Å². The van der Waals surface area contributed by atoms with Crippen LogP contribution in [0.4, 0.5) is 14.5 Å². The van der Waals surface area contributed by atoms with Gasteiger partial charge in [-0.05, 0) is 58.8 Å². The quantitative estimate of drug-likeness (QED) is 0.797.